The van der Waals surface area contributed by atoms with Gasteiger partial charge < -0.3 is 13.9 Å². The number of hydrazone groups is 1. The minimum atomic E-state index is -0.429. The third-order valence-corrected chi connectivity index (χ3v) is 6.15. The molecule has 5 rings (SSSR count). The third-order valence-electron chi connectivity index (χ3n) is 5.56. The summed E-state index contributed by atoms with van der Waals surface area (Å²) in [5, 5.41) is 7.29. The number of halogens is 1. The van der Waals surface area contributed by atoms with Gasteiger partial charge in [-0.3, -0.25) is 4.79 Å². The summed E-state index contributed by atoms with van der Waals surface area (Å²) in [7, 11) is 0. The Hall–Kier alpha value is -4.10. The SMILES string of the molecule is CCOc1cc(/C=N/NC(=O)c2cc3ccccc3o2)cc(Br)c1OCc1ccc2ccccc2c1. The number of fused-ring (bicyclic) bond motifs is 2. The van der Waals surface area contributed by atoms with Crippen molar-refractivity contribution >= 4 is 49.8 Å². The van der Waals surface area contributed by atoms with Crippen molar-refractivity contribution in [2.45, 2.75) is 13.5 Å². The summed E-state index contributed by atoms with van der Waals surface area (Å²) >= 11 is 3.59. The Bertz CT molecular complexity index is 1540. The second kappa shape index (κ2) is 10.7. The summed E-state index contributed by atoms with van der Waals surface area (Å²) < 4.78 is 18.3. The number of rotatable bonds is 8. The van der Waals surface area contributed by atoms with Crippen molar-refractivity contribution in [2.75, 3.05) is 6.61 Å². The van der Waals surface area contributed by atoms with Crippen LogP contribution in [-0.2, 0) is 6.61 Å². The highest BCUT2D eigenvalue weighted by atomic mass is 79.9. The molecule has 1 aromatic heterocycles. The molecule has 1 amide bonds. The maximum Gasteiger partial charge on any atom is 0.307 e. The topological polar surface area (TPSA) is 73.1 Å². The smallest absolute Gasteiger partial charge is 0.307 e. The lowest BCUT2D eigenvalue weighted by atomic mass is 10.1. The van der Waals surface area contributed by atoms with E-state index in [4.69, 9.17) is 13.9 Å². The van der Waals surface area contributed by atoms with Crippen LogP contribution in [0.3, 0.4) is 0 Å². The van der Waals surface area contributed by atoms with Crippen LogP contribution in [0.5, 0.6) is 11.5 Å². The molecule has 7 heteroatoms. The molecular formula is C29H23BrN2O4. The molecule has 0 radical (unpaired) electrons. The molecule has 4 aromatic carbocycles. The first-order chi connectivity index (χ1) is 17.6. The fraction of sp³-hybridized carbons (Fsp3) is 0.103. The Morgan fingerprint density at radius 3 is 2.53 bits per heavy atom. The molecule has 180 valence electrons. The van der Waals surface area contributed by atoms with E-state index in [0.717, 1.165) is 21.0 Å². The molecular weight excluding hydrogens is 520 g/mol. The minimum absolute atomic E-state index is 0.196. The standard InChI is InChI=1S/C29H23BrN2O4/c1-2-34-26-15-20(17-31-32-29(33)27-16-23-9-5-6-10-25(23)36-27)14-24(30)28(26)35-18-19-11-12-21-7-3-4-8-22(21)13-19/h3-17H,2,18H2,1H3,(H,32,33)/b31-17+. The van der Waals surface area contributed by atoms with Crippen LogP contribution in [0.2, 0.25) is 0 Å². The van der Waals surface area contributed by atoms with Crippen molar-refractivity contribution in [3.05, 3.63) is 106 Å². The Kier molecular flexibility index (Phi) is 7.00. The summed E-state index contributed by atoms with van der Waals surface area (Å²) in [6, 6.07) is 27.3. The van der Waals surface area contributed by atoms with E-state index >= 15 is 0 Å². The normalized spacial score (nSPS) is 11.3. The highest BCUT2D eigenvalue weighted by Gasteiger charge is 2.14. The maximum absolute atomic E-state index is 12.4. The quantitative estimate of drug-likeness (QED) is 0.168. The van der Waals surface area contributed by atoms with Gasteiger partial charge in [0.2, 0.25) is 0 Å². The zero-order valence-electron chi connectivity index (χ0n) is 19.5. The number of carbonyl (C=O) groups excluding carboxylic acids is 1. The lowest BCUT2D eigenvalue weighted by molar-refractivity contribution is 0.0929. The summed E-state index contributed by atoms with van der Waals surface area (Å²) in [4.78, 5) is 12.4. The molecule has 0 unspecified atom stereocenters. The molecule has 6 nitrogen and oxygen atoms in total. The first-order valence-electron chi connectivity index (χ1n) is 11.5. The van der Waals surface area contributed by atoms with Gasteiger partial charge in [-0.25, -0.2) is 5.43 Å². The van der Waals surface area contributed by atoms with E-state index in [1.807, 2.05) is 55.5 Å². The van der Waals surface area contributed by atoms with Crippen LogP contribution >= 0.6 is 15.9 Å². The molecule has 0 aliphatic carbocycles. The number of nitrogens with one attached hydrogen (secondary N) is 1. The van der Waals surface area contributed by atoms with E-state index in [0.29, 0.717) is 30.3 Å². The molecule has 0 aliphatic rings. The summed E-state index contributed by atoms with van der Waals surface area (Å²) in [6.07, 6.45) is 1.54. The average Bonchev–Trinajstić information content (AvgIpc) is 3.33. The van der Waals surface area contributed by atoms with Gasteiger partial charge in [0.1, 0.15) is 12.2 Å². The van der Waals surface area contributed by atoms with Gasteiger partial charge in [0.25, 0.3) is 0 Å². The molecule has 0 saturated heterocycles. The number of hydrogen-bond acceptors (Lipinski definition) is 5. The monoisotopic (exact) mass is 542 g/mol. The van der Waals surface area contributed by atoms with Gasteiger partial charge in [0.15, 0.2) is 17.3 Å². The van der Waals surface area contributed by atoms with E-state index < -0.39 is 5.91 Å². The number of amides is 1. The fourth-order valence-corrected chi connectivity index (χ4v) is 4.44. The third kappa shape index (κ3) is 5.26. The zero-order chi connectivity index (χ0) is 24.9. The van der Waals surface area contributed by atoms with E-state index in [1.54, 1.807) is 12.3 Å². The fourth-order valence-electron chi connectivity index (χ4n) is 3.86. The summed E-state index contributed by atoms with van der Waals surface area (Å²) in [5.41, 5.74) is 4.94. The van der Waals surface area contributed by atoms with Gasteiger partial charge in [-0.2, -0.15) is 5.10 Å². The van der Waals surface area contributed by atoms with Gasteiger partial charge in [-0.15, -0.1) is 0 Å². The van der Waals surface area contributed by atoms with Crippen LogP contribution < -0.4 is 14.9 Å². The Balaban J connectivity index is 1.29. The first kappa shape index (κ1) is 23.6. The minimum Gasteiger partial charge on any atom is -0.490 e. The van der Waals surface area contributed by atoms with Crippen LogP contribution in [0.1, 0.15) is 28.6 Å². The Morgan fingerprint density at radius 1 is 0.944 bits per heavy atom. The maximum atomic E-state index is 12.4. The van der Waals surface area contributed by atoms with Crippen molar-refractivity contribution in [3.8, 4) is 11.5 Å². The number of benzene rings is 4. The van der Waals surface area contributed by atoms with Crippen LogP contribution in [0.15, 0.2) is 98.9 Å². The van der Waals surface area contributed by atoms with Crippen molar-refractivity contribution < 1.29 is 18.7 Å². The van der Waals surface area contributed by atoms with Crippen molar-refractivity contribution in [1.82, 2.24) is 5.43 Å². The molecule has 0 spiro atoms. The summed E-state index contributed by atoms with van der Waals surface area (Å²) in [6.45, 7) is 2.78. The van der Waals surface area contributed by atoms with Crippen molar-refractivity contribution in [1.29, 1.82) is 0 Å². The van der Waals surface area contributed by atoms with E-state index in [-0.39, 0.29) is 5.76 Å². The molecule has 36 heavy (non-hydrogen) atoms. The van der Waals surface area contributed by atoms with Crippen LogP contribution in [0, 0.1) is 0 Å². The average molecular weight is 543 g/mol. The molecule has 0 atom stereocenters. The Labute approximate surface area is 216 Å². The molecule has 1 heterocycles. The number of ether oxygens (including phenoxy) is 2. The van der Waals surface area contributed by atoms with Gasteiger partial charge in [-0.05, 0) is 75.1 Å². The highest BCUT2D eigenvalue weighted by molar-refractivity contribution is 9.10. The Morgan fingerprint density at radius 2 is 1.72 bits per heavy atom. The zero-order valence-corrected chi connectivity index (χ0v) is 21.1. The number of carbonyl (C=O) groups is 1. The predicted octanol–water partition coefficient (Wildman–Crippen LogP) is 7.09. The van der Waals surface area contributed by atoms with Crippen LogP contribution in [-0.4, -0.2) is 18.7 Å². The van der Waals surface area contributed by atoms with E-state index in [9.17, 15) is 4.79 Å². The highest BCUT2D eigenvalue weighted by Crippen LogP contribution is 2.37. The number of nitrogens with zero attached hydrogens (tertiary/aromatic N) is 1. The van der Waals surface area contributed by atoms with Crippen LogP contribution in [0.25, 0.3) is 21.7 Å². The lowest BCUT2D eigenvalue weighted by Crippen LogP contribution is -2.16. The van der Waals surface area contributed by atoms with Gasteiger partial charge in [-0.1, -0.05) is 54.6 Å². The van der Waals surface area contributed by atoms with Crippen molar-refractivity contribution in [2.24, 2.45) is 5.10 Å². The molecule has 0 bridgehead atoms. The second-order valence-electron chi connectivity index (χ2n) is 8.08. The number of para-hydroxylation sites is 1. The van der Waals surface area contributed by atoms with Crippen LogP contribution in [0.4, 0.5) is 0 Å². The van der Waals surface area contributed by atoms with E-state index in [1.165, 1.54) is 10.8 Å². The largest absolute Gasteiger partial charge is 0.490 e. The summed E-state index contributed by atoms with van der Waals surface area (Å²) in [5.74, 6) is 0.954. The lowest BCUT2D eigenvalue weighted by Gasteiger charge is -2.15. The molecule has 0 aliphatic heterocycles. The molecule has 1 N–H and O–H groups in total. The second-order valence-corrected chi connectivity index (χ2v) is 8.94. The molecule has 5 aromatic rings. The van der Waals surface area contributed by atoms with Crippen molar-refractivity contribution in [3.63, 3.8) is 0 Å². The molecule has 0 fully saturated rings. The van der Waals surface area contributed by atoms with Gasteiger partial charge in [0, 0.05) is 5.39 Å². The molecule has 0 saturated carbocycles. The van der Waals surface area contributed by atoms with E-state index in [2.05, 4.69) is 56.8 Å². The first-order valence-corrected chi connectivity index (χ1v) is 12.3. The predicted molar refractivity (Wildman–Crippen MR) is 145 cm³/mol. The van der Waals surface area contributed by atoms with Gasteiger partial charge in [0.05, 0.1) is 17.3 Å². The number of furan rings is 1. The van der Waals surface area contributed by atoms with Gasteiger partial charge >= 0.3 is 5.91 Å². The number of hydrogen-bond donors (Lipinski definition) is 1.